The van der Waals surface area contributed by atoms with Gasteiger partial charge in [-0.05, 0) is 19.3 Å². The van der Waals surface area contributed by atoms with E-state index in [2.05, 4.69) is 20.8 Å². The SMILES string of the molecule is CCCCCCCCCCCCCCCCCCCCCCCCCCCCCC(=O)OCC(COC(=O)CCCCCCCCCC)OC(=O)CCCCCCCCCCCCCCCCCCCCCCCCCCC. The van der Waals surface area contributed by atoms with Gasteiger partial charge in [-0.2, -0.15) is 0 Å². The molecule has 1 atom stereocenters. The molecule has 0 heterocycles. The standard InChI is InChI=1S/C72H140O6/c1-4-7-10-13-16-19-21-23-25-27-29-31-33-35-36-38-39-41-43-45-47-49-51-53-56-59-62-65-71(74)77-68-69(67-76-70(73)64-61-58-55-18-15-12-9-6-3)78-72(75)66-63-60-57-54-52-50-48-46-44-42-40-37-34-32-30-28-26-24-22-20-17-14-11-8-5-2/h69H,4-68H2,1-3H3. The minimum Gasteiger partial charge on any atom is -0.462 e. The lowest BCUT2D eigenvalue weighted by Gasteiger charge is -2.18. The summed E-state index contributed by atoms with van der Waals surface area (Å²) in [5, 5.41) is 0. The van der Waals surface area contributed by atoms with Crippen molar-refractivity contribution in [3.63, 3.8) is 0 Å². The minimum atomic E-state index is -0.762. The van der Waals surface area contributed by atoms with Crippen molar-refractivity contribution in [3.05, 3.63) is 0 Å². The Bertz CT molecular complexity index is 1170. The summed E-state index contributed by atoms with van der Waals surface area (Å²) < 4.78 is 16.9. The fraction of sp³-hybridized carbons (Fsp3) is 0.958. The van der Waals surface area contributed by atoms with Gasteiger partial charge in [-0.25, -0.2) is 0 Å². The maximum absolute atomic E-state index is 12.9. The zero-order valence-electron chi connectivity index (χ0n) is 53.5. The van der Waals surface area contributed by atoms with Crippen LogP contribution in [0.15, 0.2) is 0 Å². The molecular weight excluding hydrogens is 961 g/mol. The summed E-state index contributed by atoms with van der Waals surface area (Å²) in [5.74, 6) is -0.828. The van der Waals surface area contributed by atoms with Gasteiger partial charge in [0.1, 0.15) is 13.2 Å². The number of hydrogen-bond donors (Lipinski definition) is 0. The molecule has 6 heteroatoms. The molecule has 0 spiro atoms. The van der Waals surface area contributed by atoms with Crippen LogP contribution in [-0.4, -0.2) is 37.2 Å². The average Bonchev–Trinajstić information content (AvgIpc) is 3.44. The molecule has 78 heavy (non-hydrogen) atoms. The Hall–Kier alpha value is -1.59. The van der Waals surface area contributed by atoms with Gasteiger partial charge in [0, 0.05) is 19.3 Å². The van der Waals surface area contributed by atoms with Crippen molar-refractivity contribution in [2.24, 2.45) is 0 Å². The first kappa shape index (κ1) is 76.4. The third-order valence-corrected chi connectivity index (χ3v) is 16.9. The van der Waals surface area contributed by atoms with E-state index >= 15 is 0 Å². The zero-order chi connectivity index (χ0) is 56.4. The van der Waals surface area contributed by atoms with Crippen LogP contribution in [0.25, 0.3) is 0 Å². The number of esters is 3. The molecule has 0 aliphatic rings. The molecule has 0 bridgehead atoms. The van der Waals surface area contributed by atoms with Gasteiger partial charge in [-0.15, -0.1) is 0 Å². The average molecular weight is 1100 g/mol. The van der Waals surface area contributed by atoms with Crippen LogP contribution in [0.4, 0.5) is 0 Å². The van der Waals surface area contributed by atoms with E-state index in [1.165, 1.54) is 327 Å². The predicted octanol–water partition coefficient (Wildman–Crippen LogP) is 24.6. The third kappa shape index (κ3) is 65.2. The van der Waals surface area contributed by atoms with E-state index in [0.717, 1.165) is 57.8 Å². The molecule has 1 unspecified atom stereocenters. The first-order chi connectivity index (χ1) is 38.5. The highest BCUT2D eigenvalue weighted by atomic mass is 16.6. The summed E-state index contributed by atoms with van der Waals surface area (Å²) in [7, 11) is 0. The first-order valence-corrected chi connectivity index (χ1v) is 36.0. The Labute approximate surface area is 488 Å². The normalized spacial score (nSPS) is 11.9. The van der Waals surface area contributed by atoms with Crippen molar-refractivity contribution in [3.8, 4) is 0 Å². The summed E-state index contributed by atoms with van der Waals surface area (Å²) >= 11 is 0. The number of hydrogen-bond acceptors (Lipinski definition) is 6. The molecular formula is C72H140O6. The van der Waals surface area contributed by atoms with Gasteiger partial charge in [-0.1, -0.05) is 387 Å². The van der Waals surface area contributed by atoms with Gasteiger partial charge >= 0.3 is 17.9 Å². The van der Waals surface area contributed by atoms with Gasteiger partial charge in [-0.3, -0.25) is 14.4 Å². The highest BCUT2D eigenvalue weighted by Crippen LogP contribution is 2.20. The fourth-order valence-electron chi connectivity index (χ4n) is 11.5. The van der Waals surface area contributed by atoms with Gasteiger partial charge in [0.05, 0.1) is 0 Å². The highest BCUT2D eigenvalue weighted by molar-refractivity contribution is 5.71. The second kappa shape index (κ2) is 67.9. The van der Waals surface area contributed by atoms with Crippen LogP contribution in [-0.2, 0) is 28.6 Å². The van der Waals surface area contributed by atoms with Crippen molar-refractivity contribution in [2.45, 2.75) is 431 Å². The molecule has 0 saturated heterocycles. The molecule has 464 valence electrons. The van der Waals surface area contributed by atoms with Gasteiger partial charge in [0.25, 0.3) is 0 Å². The Kier molecular flexibility index (Phi) is 66.5. The molecule has 0 N–H and O–H groups in total. The van der Waals surface area contributed by atoms with Crippen molar-refractivity contribution < 1.29 is 28.6 Å². The molecule has 0 rings (SSSR count). The molecule has 0 fully saturated rings. The van der Waals surface area contributed by atoms with Crippen molar-refractivity contribution >= 4 is 17.9 Å². The van der Waals surface area contributed by atoms with Crippen LogP contribution >= 0.6 is 0 Å². The Morgan fingerprint density at radius 2 is 0.346 bits per heavy atom. The van der Waals surface area contributed by atoms with Crippen LogP contribution < -0.4 is 0 Å². The topological polar surface area (TPSA) is 78.9 Å². The van der Waals surface area contributed by atoms with Gasteiger partial charge in [0.15, 0.2) is 6.10 Å². The summed E-state index contributed by atoms with van der Waals surface area (Å²) in [6, 6.07) is 0. The number of unbranched alkanes of at least 4 members (excludes halogenated alkanes) is 57. The predicted molar refractivity (Wildman–Crippen MR) is 340 cm³/mol. The lowest BCUT2D eigenvalue weighted by molar-refractivity contribution is -0.167. The van der Waals surface area contributed by atoms with Crippen molar-refractivity contribution in [1.82, 2.24) is 0 Å². The number of carbonyl (C=O) groups excluding carboxylic acids is 3. The van der Waals surface area contributed by atoms with E-state index in [0.29, 0.717) is 19.3 Å². The lowest BCUT2D eigenvalue weighted by Crippen LogP contribution is -2.30. The fourth-order valence-corrected chi connectivity index (χ4v) is 11.5. The van der Waals surface area contributed by atoms with E-state index < -0.39 is 6.10 Å². The van der Waals surface area contributed by atoms with Crippen molar-refractivity contribution in [2.75, 3.05) is 13.2 Å². The molecule has 0 aliphatic carbocycles. The van der Waals surface area contributed by atoms with Gasteiger partial charge in [0.2, 0.25) is 0 Å². The van der Waals surface area contributed by atoms with E-state index in [9.17, 15) is 14.4 Å². The van der Waals surface area contributed by atoms with Crippen LogP contribution in [0.3, 0.4) is 0 Å². The zero-order valence-corrected chi connectivity index (χ0v) is 53.5. The Morgan fingerprint density at radius 3 is 0.513 bits per heavy atom. The molecule has 0 radical (unpaired) electrons. The lowest BCUT2D eigenvalue weighted by atomic mass is 10.0. The number of ether oxygens (including phenoxy) is 3. The molecule has 0 aromatic carbocycles. The quantitative estimate of drug-likeness (QED) is 0.0343. The molecule has 6 nitrogen and oxygen atoms in total. The van der Waals surface area contributed by atoms with Crippen LogP contribution in [0.2, 0.25) is 0 Å². The largest absolute Gasteiger partial charge is 0.462 e. The number of carbonyl (C=O) groups is 3. The molecule has 0 saturated carbocycles. The molecule has 0 aliphatic heterocycles. The molecule has 0 aromatic rings. The minimum absolute atomic E-state index is 0.0609. The third-order valence-electron chi connectivity index (χ3n) is 16.9. The molecule has 0 aromatic heterocycles. The van der Waals surface area contributed by atoms with Crippen LogP contribution in [0.1, 0.15) is 425 Å². The van der Waals surface area contributed by atoms with E-state index in [1.54, 1.807) is 0 Å². The van der Waals surface area contributed by atoms with E-state index in [-0.39, 0.29) is 31.1 Å². The Balaban J connectivity index is 4.02. The summed E-state index contributed by atoms with van der Waals surface area (Å²) in [6.45, 7) is 6.71. The molecule has 0 amide bonds. The second-order valence-electron chi connectivity index (χ2n) is 24.9. The maximum atomic E-state index is 12.9. The summed E-state index contributed by atoms with van der Waals surface area (Å²) in [6.07, 6.45) is 80.3. The second-order valence-corrected chi connectivity index (χ2v) is 24.9. The summed E-state index contributed by atoms with van der Waals surface area (Å²) in [4.78, 5) is 38.2. The Morgan fingerprint density at radius 1 is 0.205 bits per heavy atom. The summed E-state index contributed by atoms with van der Waals surface area (Å²) in [5.41, 5.74) is 0. The van der Waals surface area contributed by atoms with E-state index in [1.807, 2.05) is 0 Å². The van der Waals surface area contributed by atoms with Gasteiger partial charge < -0.3 is 14.2 Å². The van der Waals surface area contributed by atoms with Crippen LogP contribution in [0.5, 0.6) is 0 Å². The monoisotopic (exact) mass is 1100 g/mol. The van der Waals surface area contributed by atoms with E-state index in [4.69, 9.17) is 14.2 Å². The number of rotatable bonds is 68. The maximum Gasteiger partial charge on any atom is 0.306 e. The smallest absolute Gasteiger partial charge is 0.306 e. The highest BCUT2D eigenvalue weighted by Gasteiger charge is 2.20. The van der Waals surface area contributed by atoms with Crippen LogP contribution in [0, 0.1) is 0 Å². The first-order valence-electron chi connectivity index (χ1n) is 36.0. The van der Waals surface area contributed by atoms with Crippen molar-refractivity contribution in [1.29, 1.82) is 0 Å².